The molecule has 1 amide bonds. The van der Waals surface area contributed by atoms with E-state index < -0.39 is 0 Å². The molecule has 1 aromatic heterocycles. The van der Waals surface area contributed by atoms with E-state index >= 15 is 0 Å². The van der Waals surface area contributed by atoms with E-state index in [1.54, 1.807) is 42.3 Å². The predicted octanol–water partition coefficient (Wildman–Crippen LogP) is 2.75. The Balaban J connectivity index is 2.05. The van der Waals surface area contributed by atoms with E-state index in [2.05, 4.69) is 10.4 Å². The van der Waals surface area contributed by atoms with E-state index in [1.165, 1.54) is 6.08 Å². The Hall–Kier alpha value is -2.31. The van der Waals surface area contributed by atoms with E-state index in [9.17, 15) is 4.79 Å². The highest BCUT2D eigenvalue weighted by Gasteiger charge is 2.10. The van der Waals surface area contributed by atoms with Crippen LogP contribution in [0.4, 0.5) is 5.69 Å². The van der Waals surface area contributed by atoms with Crippen LogP contribution in [0.15, 0.2) is 36.7 Å². The molecule has 1 N–H and O–H groups in total. The first-order valence-corrected chi connectivity index (χ1v) is 7.36. The Kier molecular flexibility index (Phi) is 6.19. The Morgan fingerprint density at radius 1 is 1.43 bits per heavy atom. The lowest BCUT2D eigenvalue weighted by molar-refractivity contribution is -0.111. The number of aromatic nitrogens is 2. The third kappa shape index (κ3) is 5.12. The zero-order valence-corrected chi connectivity index (χ0v) is 13.7. The number of para-hydroxylation sites is 1. The largest absolute Gasteiger partial charge is 0.487 e. The van der Waals surface area contributed by atoms with E-state index in [0.29, 0.717) is 29.7 Å². The van der Waals surface area contributed by atoms with E-state index in [-0.39, 0.29) is 5.91 Å². The van der Waals surface area contributed by atoms with Crippen molar-refractivity contribution in [3.8, 4) is 5.75 Å². The van der Waals surface area contributed by atoms with Crippen LogP contribution in [0, 0.1) is 0 Å². The van der Waals surface area contributed by atoms with Crippen molar-refractivity contribution >= 4 is 29.3 Å². The third-order valence-corrected chi connectivity index (χ3v) is 3.21. The van der Waals surface area contributed by atoms with Crippen molar-refractivity contribution in [2.75, 3.05) is 25.6 Å². The molecule has 0 unspecified atom stereocenters. The lowest BCUT2D eigenvalue weighted by atomic mass is 10.2. The summed E-state index contributed by atoms with van der Waals surface area (Å²) in [6.45, 7) is 0.772. The minimum atomic E-state index is -0.285. The van der Waals surface area contributed by atoms with Crippen LogP contribution in [0.2, 0.25) is 5.02 Å². The second-order valence-electron chi connectivity index (χ2n) is 4.73. The van der Waals surface area contributed by atoms with Crippen LogP contribution in [-0.2, 0) is 16.6 Å². The molecule has 2 rings (SSSR count). The summed E-state index contributed by atoms with van der Waals surface area (Å²) in [6, 6.07) is 5.17. The standard InChI is InChI=1S/C16H18ClN3O3/c1-20-11-12(10-18-20)6-7-15(21)19-14-5-3-4-13(17)16(14)23-9-8-22-2/h3-7,10-11H,8-9H2,1-2H3,(H,19,21)/b7-6+. The lowest BCUT2D eigenvalue weighted by Gasteiger charge is -2.13. The smallest absolute Gasteiger partial charge is 0.248 e. The molecule has 0 aliphatic rings. The monoisotopic (exact) mass is 335 g/mol. The Bertz CT molecular complexity index is 698. The summed E-state index contributed by atoms with van der Waals surface area (Å²) < 4.78 is 12.2. The van der Waals surface area contributed by atoms with Gasteiger partial charge < -0.3 is 14.8 Å². The summed E-state index contributed by atoms with van der Waals surface area (Å²) >= 11 is 6.12. The van der Waals surface area contributed by atoms with Gasteiger partial charge >= 0.3 is 0 Å². The molecule has 0 radical (unpaired) electrons. The van der Waals surface area contributed by atoms with Gasteiger partial charge in [-0.2, -0.15) is 5.10 Å². The van der Waals surface area contributed by atoms with Gasteiger partial charge in [0.25, 0.3) is 0 Å². The maximum atomic E-state index is 12.0. The fourth-order valence-corrected chi connectivity index (χ4v) is 2.08. The van der Waals surface area contributed by atoms with Gasteiger partial charge in [0.2, 0.25) is 5.91 Å². The van der Waals surface area contributed by atoms with Crippen molar-refractivity contribution in [1.82, 2.24) is 9.78 Å². The van der Waals surface area contributed by atoms with Crippen LogP contribution in [0.1, 0.15) is 5.56 Å². The number of anilines is 1. The molecule has 6 nitrogen and oxygen atoms in total. The van der Waals surface area contributed by atoms with Gasteiger partial charge in [-0.25, -0.2) is 0 Å². The first kappa shape index (κ1) is 17.1. The summed E-state index contributed by atoms with van der Waals surface area (Å²) in [4.78, 5) is 12.0. The molecule has 0 bridgehead atoms. The molecule has 1 aromatic carbocycles. The summed E-state index contributed by atoms with van der Waals surface area (Å²) in [7, 11) is 3.40. The number of carbonyl (C=O) groups excluding carboxylic acids is 1. The number of carbonyl (C=O) groups is 1. The second kappa shape index (κ2) is 8.36. The summed E-state index contributed by atoms with van der Waals surface area (Å²) in [5.74, 6) is 0.141. The second-order valence-corrected chi connectivity index (χ2v) is 5.13. The minimum Gasteiger partial charge on any atom is -0.487 e. The van der Waals surface area contributed by atoms with Crippen molar-refractivity contribution in [2.45, 2.75) is 0 Å². The lowest BCUT2D eigenvalue weighted by Crippen LogP contribution is -2.11. The van der Waals surface area contributed by atoms with Crippen molar-refractivity contribution in [3.63, 3.8) is 0 Å². The van der Waals surface area contributed by atoms with Gasteiger partial charge in [0.05, 0.1) is 23.5 Å². The fourth-order valence-electron chi connectivity index (χ4n) is 1.85. The number of hydrogen-bond acceptors (Lipinski definition) is 4. The molecule has 1 heterocycles. The van der Waals surface area contributed by atoms with Gasteiger partial charge in [-0.15, -0.1) is 0 Å². The van der Waals surface area contributed by atoms with E-state index in [4.69, 9.17) is 21.1 Å². The van der Waals surface area contributed by atoms with Gasteiger partial charge in [0.15, 0.2) is 5.75 Å². The van der Waals surface area contributed by atoms with Crippen LogP contribution in [-0.4, -0.2) is 36.0 Å². The number of nitrogens with one attached hydrogen (secondary N) is 1. The van der Waals surface area contributed by atoms with E-state index in [1.807, 2.05) is 13.2 Å². The average molecular weight is 336 g/mol. The SMILES string of the molecule is COCCOc1c(Cl)cccc1NC(=O)/C=C/c1cnn(C)c1. The maximum absolute atomic E-state index is 12.0. The molecule has 23 heavy (non-hydrogen) atoms. The van der Waals surface area contributed by atoms with Crippen molar-refractivity contribution in [2.24, 2.45) is 7.05 Å². The molecule has 0 saturated carbocycles. The molecule has 0 fully saturated rings. The molecule has 0 saturated heterocycles. The summed E-state index contributed by atoms with van der Waals surface area (Å²) in [5, 5.41) is 7.21. The number of methoxy groups -OCH3 is 1. The Morgan fingerprint density at radius 2 is 2.26 bits per heavy atom. The number of nitrogens with zero attached hydrogens (tertiary/aromatic N) is 2. The maximum Gasteiger partial charge on any atom is 0.248 e. The number of aryl methyl sites for hydroxylation is 1. The highest BCUT2D eigenvalue weighted by molar-refractivity contribution is 6.32. The highest BCUT2D eigenvalue weighted by atomic mass is 35.5. The van der Waals surface area contributed by atoms with Gasteiger partial charge in [-0.05, 0) is 18.2 Å². The first-order chi connectivity index (χ1) is 11.1. The molecule has 7 heteroatoms. The normalized spacial score (nSPS) is 10.9. The van der Waals surface area contributed by atoms with Crippen LogP contribution in [0.3, 0.4) is 0 Å². The third-order valence-electron chi connectivity index (χ3n) is 2.91. The minimum absolute atomic E-state index is 0.285. The molecule has 0 aliphatic carbocycles. The molecule has 122 valence electrons. The fraction of sp³-hybridized carbons (Fsp3) is 0.250. The van der Waals surface area contributed by atoms with Crippen LogP contribution < -0.4 is 10.1 Å². The molecular formula is C16H18ClN3O3. The van der Waals surface area contributed by atoms with Gasteiger partial charge in [0, 0.05) is 32.0 Å². The van der Waals surface area contributed by atoms with Gasteiger partial charge in [-0.1, -0.05) is 17.7 Å². The zero-order valence-electron chi connectivity index (χ0n) is 13.0. The topological polar surface area (TPSA) is 65.4 Å². The predicted molar refractivity (Wildman–Crippen MR) is 89.7 cm³/mol. The van der Waals surface area contributed by atoms with Crippen molar-refractivity contribution in [1.29, 1.82) is 0 Å². The number of hydrogen-bond donors (Lipinski definition) is 1. The quantitative estimate of drug-likeness (QED) is 0.624. The van der Waals surface area contributed by atoms with Crippen LogP contribution >= 0.6 is 11.6 Å². The highest BCUT2D eigenvalue weighted by Crippen LogP contribution is 2.32. The average Bonchev–Trinajstić information content (AvgIpc) is 2.94. The molecule has 2 aromatic rings. The van der Waals surface area contributed by atoms with Crippen LogP contribution in [0.25, 0.3) is 6.08 Å². The number of halogens is 1. The number of rotatable bonds is 7. The summed E-state index contributed by atoms with van der Waals surface area (Å²) in [6.07, 6.45) is 6.58. The number of amides is 1. The van der Waals surface area contributed by atoms with Crippen molar-refractivity contribution < 1.29 is 14.3 Å². The summed E-state index contributed by atoms with van der Waals surface area (Å²) in [5.41, 5.74) is 1.35. The van der Waals surface area contributed by atoms with Crippen molar-refractivity contribution in [3.05, 3.63) is 47.3 Å². The number of ether oxygens (including phenoxy) is 2. The van der Waals surface area contributed by atoms with E-state index in [0.717, 1.165) is 5.56 Å². The Morgan fingerprint density at radius 3 is 2.96 bits per heavy atom. The molecular weight excluding hydrogens is 318 g/mol. The van der Waals surface area contributed by atoms with Gasteiger partial charge in [-0.3, -0.25) is 9.48 Å². The van der Waals surface area contributed by atoms with Gasteiger partial charge in [0.1, 0.15) is 6.61 Å². The zero-order chi connectivity index (χ0) is 16.7. The van der Waals surface area contributed by atoms with Crippen LogP contribution in [0.5, 0.6) is 5.75 Å². The molecule has 0 atom stereocenters. The molecule has 0 aliphatic heterocycles. The Labute approximate surface area is 139 Å². The molecule has 0 spiro atoms. The first-order valence-electron chi connectivity index (χ1n) is 6.98. The number of benzene rings is 1.